The van der Waals surface area contributed by atoms with Gasteiger partial charge in [-0.2, -0.15) is 9.21 Å². The summed E-state index contributed by atoms with van der Waals surface area (Å²) in [6.07, 6.45) is 17.1. The minimum absolute atomic E-state index is 0.167. The Bertz CT molecular complexity index is 1110. The number of hydrogen-bond acceptors (Lipinski definition) is 1. The van der Waals surface area contributed by atoms with Gasteiger partial charge in [0.15, 0.2) is 0 Å². The lowest BCUT2D eigenvalue weighted by Crippen LogP contribution is -2.48. The van der Waals surface area contributed by atoms with Crippen molar-refractivity contribution in [3.63, 3.8) is 0 Å². The SMILES string of the molecule is C=S(=C)(C)c1ccc(C2CC3(C)CCCC3C3CCC4CC5(CCC4=C23)CCC(C)(C)CO5)cc1. The summed E-state index contributed by atoms with van der Waals surface area (Å²) in [5.74, 6) is 11.8. The van der Waals surface area contributed by atoms with Gasteiger partial charge in [-0.3, -0.25) is 0 Å². The van der Waals surface area contributed by atoms with E-state index in [1.165, 1.54) is 75.5 Å². The van der Waals surface area contributed by atoms with E-state index in [0.29, 0.717) is 16.7 Å². The fourth-order valence-electron chi connectivity index (χ4n) is 9.09. The van der Waals surface area contributed by atoms with Crippen LogP contribution in [0.2, 0.25) is 0 Å². The van der Waals surface area contributed by atoms with Gasteiger partial charge in [0.1, 0.15) is 0 Å². The summed E-state index contributed by atoms with van der Waals surface area (Å²) >= 11 is 0. The largest absolute Gasteiger partial charge is 0.374 e. The molecule has 3 saturated carbocycles. The van der Waals surface area contributed by atoms with Crippen molar-refractivity contribution in [3.05, 3.63) is 41.0 Å². The minimum Gasteiger partial charge on any atom is -0.374 e. The lowest BCUT2D eigenvalue weighted by molar-refractivity contribution is -0.144. The van der Waals surface area contributed by atoms with Crippen LogP contribution >= 0.6 is 9.21 Å². The van der Waals surface area contributed by atoms with Crippen LogP contribution in [0.4, 0.5) is 0 Å². The molecule has 1 aliphatic heterocycles. The van der Waals surface area contributed by atoms with Crippen molar-refractivity contribution in [3.8, 4) is 0 Å². The summed E-state index contributed by atoms with van der Waals surface area (Å²) in [6, 6.07) is 9.60. The first-order valence-electron chi connectivity index (χ1n) is 14.4. The number of allylic oxidation sites excluding steroid dienone is 2. The average Bonchev–Trinajstić information content (AvgIpc) is 3.21. The maximum absolute atomic E-state index is 6.72. The highest BCUT2D eigenvalue weighted by atomic mass is 32.2. The van der Waals surface area contributed by atoms with Crippen LogP contribution in [0.1, 0.15) is 103 Å². The Labute approximate surface area is 215 Å². The van der Waals surface area contributed by atoms with Crippen LogP contribution in [-0.2, 0) is 4.74 Å². The molecule has 0 aromatic heterocycles. The molecule has 4 fully saturated rings. The molecule has 1 saturated heterocycles. The van der Waals surface area contributed by atoms with Crippen molar-refractivity contribution in [1.29, 1.82) is 0 Å². The first kappa shape index (κ1) is 24.4. The second-order valence-corrected chi connectivity index (χ2v) is 17.5. The van der Waals surface area contributed by atoms with E-state index in [2.05, 4.69) is 63.0 Å². The molecule has 1 heterocycles. The third-order valence-corrected chi connectivity index (χ3v) is 12.5. The average molecular weight is 493 g/mol. The van der Waals surface area contributed by atoms with Gasteiger partial charge in [0.05, 0.1) is 12.2 Å². The van der Waals surface area contributed by atoms with Crippen molar-refractivity contribution in [2.45, 2.75) is 108 Å². The summed E-state index contributed by atoms with van der Waals surface area (Å²) < 4.78 is 6.72. The zero-order valence-corrected chi connectivity index (χ0v) is 23.7. The van der Waals surface area contributed by atoms with Crippen molar-refractivity contribution in [2.24, 2.45) is 28.6 Å². The smallest absolute Gasteiger partial charge is 0.0691 e. The molecule has 5 aliphatic rings. The van der Waals surface area contributed by atoms with Gasteiger partial charge in [-0.15, -0.1) is 0 Å². The van der Waals surface area contributed by atoms with Gasteiger partial charge in [0, 0.05) is 5.92 Å². The molecule has 0 bridgehead atoms. The summed E-state index contributed by atoms with van der Waals surface area (Å²) in [5, 5.41) is 0. The van der Waals surface area contributed by atoms with Crippen molar-refractivity contribution in [1.82, 2.24) is 0 Å². The van der Waals surface area contributed by atoms with E-state index < -0.39 is 9.21 Å². The molecular formula is C33H48OS. The molecule has 2 heteroatoms. The summed E-state index contributed by atoms with van der Waals surface area (Å²) in [7, 11) is -1.17. The molecule has 6 rings (SSSR count). The molecule has 6 atom stereocenters. The summed E-state index contributed by atoms with van der Waals surface area (Å²) in [4.78, 5) is 1.33. The fraction of sp³-hybridized carbons (Fsp3) is 0.697. The highest BCUT2D eigenvalue weighted by Crippen LogP contribution is 2.65. The summed E-state index contributed by atoms with van der Waals surface area (Å²) in [6.45, 7) is 8.35. The molecule has 0 radical (unpaired) electrons. The normalized spacial score (nSPS) is 40.8. The molecule has 1 nitrogen and oxygen atoms in total. The Morgan fingerprint density at radius 2 is 1.69 bits per heavy atom. The maximum Gasteiger partial charge on any atom is 0.0691 e. The molecular weight excluding hydrogens is 444 g/mol. The van der Waals surface area contributed by atoms with Gasteiger partial charge in [0.25, 0.3) is 0 Å². The zero-order valence-electron chi connectivity index (χ0n) is 22.8. The van der Waals surface area contributed by atoms with E-state index in [1.54, 1.807) is 5.56 Å². The van der Waals surface area contributed by atoms with Gasteiger partial charge in [-0.1, -0.05) is 62.2 Å². The topological polar surface area (TPSA) is 9.23 Å². The van der Waals surface area contributed by atoms with E-state index >= 15 is 0 Å². The molecule has 6 unspecified atom stereocenters. The predicted octanol–water partition coefficient (Wildman–Crippen LogP) is 8.72. The Morgan fingerprint density at radius 1 is 0.914 bits per heavy atom. The van der Waals surface area contributed by atoms with Gasteiger partial charge in [-0.05, 0) is 122 Å². The third kappa shape index (κ3) is 4.19. The number of rotatable bonds is 2. The van der Waals surface area contributed by atoms with E-state index in [1.807, 2.05) is 11.1 Å². The van der Waals surface area contributed by atoms with Crippen LogP contribution in [0.5, 0.6) is 0 Å². The van der Waals surface area contributed by atoms with Crippen LogP contribution in [0.25, 0.3) is 0 Å². The van der Waals surface area contributed by atoms with E-state index in [9.17, 15) is 0 Å². The third-order valence-electron chi connectivity index (χ3n) is 11.1. The van der Waals surface area contributed by atoms with Crippen LogP contribution < -0.4 is 0 Å². The van der Waals surface area contributed by atoms with Crippen LogP contribution in [0.3, 0.4) is 0 Å². The Kier molecular flexibility index (Phi) is 5.74. The molecule has 0 amide bonds. The number of ether oxygens (including phenoxy) is 1. The Hall–Kier alpha value is -0.990. The van der Waals surface area contributed by atoms with Crippen molar-refractivity contribution >= 4 is 20.9 Å². The minimum atomic E-state index is -1.17. The second-order valence-electron chi connectivity index (χ2n) is 14.5. The quantitative estimate of drug-likeness (QED) is 0.296. The van der Waals surface area contributed by atoms with Crippen molar-refractivity contribution < 1.29 is 4.74 Å². The monoisotopic (exact) mass is 492 g/mol. The molecule has 1 aromatic carbocycles. The van der Waals surface area contributed by atoms with E-state index in [-0.39, 0.29) is 5.60 Å². The first-order valence-corrected chi connectivity index (χ1v) is 16.8. The first-order chi connectivity index (χ1) is 16.5. The lowest BCUT2D eigenvalue weighted by atomic mass is 9.52. The Balaban J connectivity index is 1.37. The fourth-order valence-corrected chi connectivity index (χ4v) is 9.88. The zero-order chi connectivity index (χ0) is 24.6. The van der Waals surface area contributed by atoms with Gasteiger partial charge < -0.3 is 4.74 Å². The maximum atomic E-state index is 6.72. The van der Waals surface area contributed by atoms with Gasteiger partial charge in [0.2, 0.25) is 0 Å². The number of benzene rings is 1. The van der Waals surface area contributed by atoms with Crippen LogP contribution in [-0.4, -0.2) is 30.2 Å². The van der Waals surface area contributed by atoms with Gasteiger partial charge in [-0.25, -0.2) is 0 Å². The summed E-state index contributed by atoms with van der Waals surface area (Å²) in [5.41, 5.74) is 6.40. The molecule has 1 spiro atoms. The molecule has 192 valence electrons. The number of fused-ring (bicyclic) bond motifs is 4. The second kappa shape index (κ2) is 8.26. The standard InChI is InChI=1S/C33H48OS/c1-31(2)18-19-33(34-22-31)17-15-26-24(20-33)11-14-27-29-8-7-16-32(29,3)21-28(30(26)27)23-9-12-25(13-10-23)35(4,5)6/h9-10,12-13,24,27-29H,4-5,7-8,11,14-22H2,1-3,6H3. The van der Waals surface area contributed by atoms with E-state index in [0.717, 1.165) is 24.4 Å². The van der Waals surface area contributed by atoms with Crippen LogP contribution in [0, 0.1) is 28.6 Å². The Morgan fingerprint density at radius 3 is 2.37 bits per heavy atom. The van der Waals surface area contributed by atoms with Crippen molar-refractivity contribution in [2.75, 3.05) is 12.9 Å². The molecule has 4 aliphatic carbocycles. The van der Waals surface area contributed by atoms with E-state index in [4.69, 9.17) is 4.74 Å². The highest BCUT2D eigenvalue weighted by molar-refractivity contribution is 8.27. The molecule has 0 N–H and O–H groups in total. The highest BCUT2D eigenvalue weighted by Gasteiger charge is 2.54. The predicted molar refractivity (Wildman–Crippen MR) is 154 cm³/mol. The molecule has 1 aromatic rings. The van der Waals surface area contributed by atoms with Crippen LogP contribution in [0.15, 0.2) is 40.3 Å². The lowest BCUT2D eigenvalue weighted by Gasteiger charge is -2.55. The molecule has 35 heavy (non-hydrogen) atoms. The number of hydrogen-bond donors (Lipinski definition) is 0. The van der Waals surface area contributed by atoms with Gasteiger partial charge >= 0.3 is 0 Å².